The topological polar surface area (TPSA) is 186 Å². The van der Waals surface area contributed by atoms with Crippen LogP contribution in [-0.4, -0.2) is 51.3 Å². The van der Waals surface area contributed by atoms with Gasteiger partial charge in [0.1, 0.15) is 0 Å². The molecule has 0 aromatic carbocycles. The maximum atomic E-state index is 12.4. The van der Waals surface area contributed by atoms with Crippen LogP contribution in [0.25, 0.3) is 0 Å². The number of rotatable bonds is 9. The zero-order valence-corrected chi connectivity index (χ0v) is 16.7. The average Bonchev–Trinajstić information content (AvgIpc) is 2.60. The van der Waals surface area contributed by atoms with Crippen molar-refractivity contribution in [3.05, 3.63) is 12.8 Å². The van der Waals surface area contributed by atoms with Crippen LogP contribution in [0.2, 0.25) is 0 Å². The lowest BCUT2D eigenvalue weighted by atomic mass is 9.60. The van der Waals surface area contributed by atoms with Crippen molar-refractivity contribution in [1.82, 2.24) is 21.9 Å². The predicted molar refractivity (Wildman–Crippen MR) is 103 cm³/mol. The van der Waals surface area contributed by atoms with Gasteiger partial charge in [-0.2, -0.15) is 11.1 Å². The number of carbonyl (C=O) groups excluding carboxylic acids is 1. The van der Waals surface area contributed by atoms with E-state index in [9.17, 15) is 34.5 Å². The highest BCUT2D eigenvalue weighted by molar-refractivity contribution is 5.78. The molecule has 0 saturated carbocycles. The lowest BCUT2D eigenvalue weighted by molar-refractivity contribution is -0.158. The molecule has 0 bridgehead atoms. The molecule has 1 heterocycles. The van der Waals surface area contributed by atoms with Crippen molar-refractivity contribution >= 4 is 23.9 Å². The second-order valence-electron chi connectivity index (χ2n) is 7.37. The minimum atomic E-state index is -1.84. The van der Waals surface area contributed by atoms with Gasteiger partial charge in [0.25, 0.3) is 0 Å². The highest BCUT2D eigenvalue weighted by Gasteiger charge is 2.55. The number of carbonyl (C=O) groups is 4. The van der Waals surface area contributed by atoms with Gasteiger partial charge in [0.05, 0.1) is 37.5 Å². The van der Waals surface area contributed by atoms with Crippen LogP contribution in [0.5, 0.6) is 0 Å². The number of aliphatic carboxylic acids is 3. The number of hydrogen-bond donors (Lipinski definition) is 7. The van der Waals surface area contributed by atoms with Crippen molar-refractivity contribution in [2.45, 2.75) is 63.3 Å². The van der Waals surface area contributed by atoms with Crippen LogP contribution in [0.3, 0.4) is 0 Å². The van der Waals surface area contributed by atoms with Gasteiger partial charge in [-0.3, -0.25) is 19.2 Å². The standard InChI is InChI=1S/C18H30N4O8/c1-2-30-16(29)12-17(9-13(23)24)7-5-3-4-6-8-19-21-22-20-18(17,10-14(25)26)11-15(27)28/h2,19-22H,1,3-12H2,(H,23,24)(H,25,26)(H,27,28). The van der Waals surface area contributed by atoms with Crippen LogP contribution in [0.4, 0.5) is 0 Å². The molecule has 1 rings (SSSR count). The fourth-order valence-corrected chi connectivity index (χ4v) is 3.98. The van der Waals surface area contributed by atoms with Gasteiger partial charge in [-0.15, -0.1) is 0 Å². The molecule has 0 amide bonds. The zero-order valence-electron chi connectivity index (χ0n) is 16.7. The molecule has 0 radical (unpaired) electrons. The minimum Gasteiger partial charge on any atom is -0.481 e. The van der Waals surface area contributed by atoms with Crippen molar-refractivity contribution in [3.63, 3.8) is 0 Å². The first-order chi connectivity index (χ1) is 14.2. The van der Waals surface area contributed by atoms with E-state index < -0.39 is 60.5 Å². The Balaban J connectivity index is 3.58. The fraction of sp³-hybridized carbons (Fsp3) is 0.667. The summed E-state index contributed by atoms with van der Waals surface area (Å²) in [5.41, 5.74) is 7.23. The Labute approximate surface area is 174 Å². The van der Waals surface area contributed by atoms with Crippen molar-refractivity contribution in [1.29, 1.82) is 0 Å². The van der Waals surface area contributed by atoms with Gasteiger partial charge in [0.2, 0.25) is 0 Å². The highest BCUT2D eigenvalue weighted by Crippen LogP contribution is 2.47. The van der Waals surface area contributed by atoms with Crippen molar-refractivity contribution in [2.24, 2.45) is 5.41 Å². The van der Waals surface area contributed by atoms with E-state index in [1.165, 1.54) is 0 Å². The summed E-state index contributed by atoms with van der Waals surface area (Å²) in [6.45, 7) is 3.90. The molecular formula is C18H30N4O8. The van der Waals surface area contributed by atoms with Gasteiger partial charge in [0.15, 0.2) is 0 Å². The van der Waals surface area contributed by atoms with Crippen molar-refractivity contribution < 1.29 is 39.2 Å². The Morgan fingerprint density at radius 2 is 1.47 bits per heavy atom. The predicted octanol–water partition coefficient (Wildman–Crippen LogP) is 0.280. The zero-order chi connectivity index (χ0) is 22.6. The van der Waals surface area contributed by atoms with Crippen LogP contribution in [0.15, 0.2) is 12.8 Å². The third kappa shape index (κ3) is 7.71. The van der Waals surface area contributed by atoms with Gasteiger partial charge in [-0.25, -0.2) is 10.9 Å². The van der Waals surface area contributed by atoms with Crippen molar-refractivity contribution in [2.75, 3.05) is 6.54 Å². The Hall–Kier alpha value is -2.54. The molecule has 0 spiro atoms. The number of esters is 1. The summed E-state index contributed by atoms with van der Waals surface area (Å²) in [5.74, 6) is -4.82. The molecule has 0 aliphatic carbocycles. The first kappa shape index (κ1) is 25.5. The number of ether oxygens (including phenoxy) is 1. The third-order valence-corrected chi connectivity index (χ3v) is 5.27. The molecule has 1 atom stereocenters. The molecule has 12 heteroatoms. The Bertz CT molecular complexity index is 626. The largest absolute Gasteiger partial charge is 0.481 e. The first-order valence-corrected chi connectivity index (χ1v) is 9.62. The van der Waals surface area contributed by atoms with Gasteiger partial charge in [0, 0.05) is 12.0 Å². The SMILES string of the molecule is C=COC(=O)CC1(CC(=O)O)CCCCCCNNNNC1(CC(=O)O)CC(=O)O. The second-order valence-corrected chi connectivity index (χ2v) is 7.37. The second kappa shape index (κ2) is 12.2. The van der Waals surface area contributed by atoms with Gasteiger partial charge < -0.3 is 20.1 Å². The summed E-state index contributed by atoms with van der Waals surface area (Å²) in [5, 5.41) is 28.7. The lowest BCUT2D eigenvalue weighted by Crippen LogP contribution is -2.68. The fourth-order valence-electron chi connectivity index (χ4n) is 3.98. The molecule has 12 nitrogen and oxygen atoms in total. The monoisotopic (exact) mass is 430 g/mol. The summed E-state index contributed by atoms with van der Waals surface area (Å²) in [6, 6.07) is 0. The lowest BCUT2D eigenvalue weighted by Gasteiger charge is -2.49. The summed E-state index contributed by atoms with van der Waals surface area (Å²) in [6.07, 6.45) is 1.17. The van der Waals surface area contributed by atoms with Crippen molar-refractivity contribution in [3.8, 4) is 0 Å². The Kier molecular flexibility index (Phi) is 10.4. The van der Waals surface area contributed by atoms with Crippen LogP contribution in [-0.2, 0) is 23.9 Å². The molecule has 170 valence electrons. The summed E-state index contributed by atoms with van der Waals surface area (Å²) < 4.78 is 4.79. The first-order valence-electron chi connectivity index (χ1n) is 9.62. The van der Waals surface area contributed by atoms with E-state index in [0.29, 0.717) is 19.4 Å². The maximum Gasteiger partial charge on any atom is 0.311 e. The maximum absolute atomic E-state index is 12.4. The van der Waals surface area contributed by atoms with Crippen LogP contribution in [0, 0.1) is 5.41 Å². The number of hydrazine groups is 3. The Morgan fingerprint density at radius 1 is 0.867 bits per heavy atom. The molecule has 1 unspecified atom stereocenters. The Morgan fingerprint density at radius 3 is 2.03 bits per heavy atom. The van der Waals surface area contributed by atoms with Gasteiger partial charge >= 0.3 is 23.9 Å². The third-order valence-electron chi connectivity index (χ3n) is 5.27. The number of nitrogens with one attached hydrogen (secondary N) is 4. The number of carboxylic acids is 3. The molecule has 30 heavy (non-hydrogen) atoms. The summed E-state index contributed by atoms with van der Waals surface area (Å²) in [7, 11) is 0. The van der Waals surface area contributed by atoms with E-state index >= 15 is 0 Å². The molecule has 1 fully saturated rings. The van der Waals surface area contributed by atoms with E-state index in [0.717, 1.165) is 19.1 Å². The highest BCUT2D eigenvalue weighted by atomic mass is 16.5. The molecule has 0 aromatic heterocycles. The van der Waals surface area contributed by atoms with E-state index in [4.69, 9.17) is 4.74 Å². The van der Waals surface area contributed by atoms with Crippen LogP contribution >= 0.6 is 0 Å². The normalized spacial score (nSPS) is 22.7. The molecule has 7 N–H and O–H groups in total. The van der Waals surface area contributed by atoms with Gasteiger partial charge in [-0.1, -0.05) is 25.8 Å². The van der Waals surface area contributed by atoms with E-state index in [-0.39, 0.29) is 6.42 Å². The minimum absolute atomic E-state index is 0.105. The molecule has 1 aliphatic rings. The molecule has 0 aromatic rings. The molecule has 1 saturated heterocycles. The van der Waals surface area contributed by atoms with E-state index in [1.807, 2.05) is 0 Å². The quantitative estimate of drug-likeness (QED) is 0.196. The van der Waals surface area contributed by atoms with Gasteiger partial charge in [-0.05, 0) is 12.8 Å². The number of carboxylic acid groups (broad SMARTS) is 3. The van der Waals surface area contributed by atoms with E-state index in [2.05, 4.69) is 28.5 Å². The number of hydrogen-bond acceptors (Lipinski definition) is 9. The molecular weight excluding hydrogens is 400 g/mol. The smallest absolute Gasteiger partial charge is 0.311 e. The summed E-state index contributed by atoms with van der Waals surface area (Å²) >= 11 is 0. The van der Waals surface area contributed by atoms with Crippen LogP contribution in [0.1, 0.15) is 57.8 Å². The summed E-state index contributed by atoms with van der Waals surface area (Å²) in [4.78, 5) is 47.7. The van der Waals surface area contributed by atoms with E-state index in [1.54, 1.807) is 0 Å². The van der Waals surface area contributed by atoms with Crippen LogP contribution < -0.4 is 21.9 Å². The average molecular weight is 430 g/mol. The molecule has 1 aliphatic heterocycles.